The van der Waals surface area contributed by atoms with E-state index in [0.29, 0.717) is 10.6 Å². The first-order valence-corrected chi connectivity index (χ1v) is 8.66. The monoisotopic (exact) mass is 347 g/mol. The van der Waals surface area contributed by atoms with Crippen LogP contribution < -0.4 is 10.1 Å². The van der Waals surface area contributed by atoms with Gasteiger partial charge in [-0.2, -0.15) is 5.26 Å². The maximum absolute atomic E-state index is 9.28. The smallest absolute Gasteiger partial charge is 0.135 e. The number of aryl methyl sites for hydroxylation is 2. The zero-order valence-corrected chi connectivity index (χ0v) is 14.8. The molecule has 1 aromatic heterocycles. The second kappa shape index (κ2) is 7.65. The molecule has 0 unspecified atom stereocenters. The van der Waals surface area contributed by atoms with E-state index in [1.54, 1.807) is 6.20 Å². The lowest BCUT2D eigenvalue weighted by atomic mass is 10.2. The molecule has 0 amide bonds. The van der Waals surface area contributed by atoms with Crippen molar-refractivity contribution in [2.24, 2.45) is 0 Å². The van der Waals surface area contributed by atoms with Gasteiger partial charge in [0.15, 0.2) is 0 Å². The lowest BCUT2D eigenvalue weighted by Gasteiger charge is -2.07. The molecule has 3 rings (SSSR count). The van der Waals surface area contributed by atoms with Gasteiger partial charge in [0.25, 0.3) is 0 Å². The molecule has 1 heterocycles. The molecule has 25 heavy (non-hydrogen) atoms. The first-order valence-electron chi connectivity index (χ1n) is 7.78. The fourth-order valence-electron chi connectivity index (χ4n) is 2.14. The Morgan fingerprint density at radius 1 is 1.08 bits per heavy atom. The fourth-order valence-corrected chi connectivity index (χ4v) is 2.90. The number of aromatic nitrogens is 1. The summed E-state index contributed by atoms with van der Waals surface area (Å²) in [5, 5.41) is 15.1. The summed E-state index contributed by atoms with van der Waals surface area (Å²) in [4.78, 5) is 4.33. The predicted octanol–water partition coefficient (Wildman–Crippen LogP) is 5.53. The highest BCUT2D eigenvalue weighted by atomic mass is 32.1. The summed E-state index contributed by atoms with van der Waals surface area (Å²) in [6.45, 7) is 3.95. The molecular formula is C20H17N3OS. The maximum Gasteiger partial charge on any atom is 0.135 e. The summed E-state index contributed by atoms with van der Waals surface area (Å²) in [7, 11) is 0. The Morgan fingerprint density at radius 3 is 2.28 bits per heavy atom. The molecule has 2 aromatic carbocycles. The quantitative estimate of drug-likeness (QED) is 0.617. The Bertz CT molecular complexity index is 919. The van der Waals surface area contributed by atoms with Crippen molar-refractivity contribution in [1.29, 1.82) is 5.26 Å². The topological polar surface area (TPSA) is 57.9 Å². The summed E-state index contributed by atoms with van der Waals surface area (Å²) in [5.41, 5.74) is 3.50. The van der Waals surface area contributed by atoms with Gasteiger partial charge in [-0.3, -0.25) is 0 Å². The number of nitrogens with one attached hydrogen (secondary N) is 1. The van der Waals surface area contributed by atoms with Crippen molar-refractivity contribution in [3.05, 3.63) is 76.4 Å². The number of hydrogen-bond donors (Lipinski definition) is 1. The van der Waals surface area contributed by atoms with Crippen molar-refractivity contribution in [3.63, 3.8) is 0 Å². The van der Waals surface area contributed by atoms with Gasteiger partial charge in [0.1, 0.15) is 28.1 Å². The van der Waals surface area contributed by atoms with E-state index in [1.165, 1.54) is 16.9 Å². The van der Waals surface area contributed by atoms with Crippen molar-refractivity contribution >= 4 is 22.6 Å². The van der Waals surface area contributed by atoms with Gasteiger partial charge in [-0.1, -0.05) is 17.7 Å². The third-order valence-corrected chi connectivity index (χ3v) is 4.46. The zero-order chi connectivity index (χ0) is 17.6. The molecule has 3 aromatic rings. The van der Waals surface area contributed by atoms with Crippen LogP contribution in [0.15, 0.2) is 60.1 Å². The van der Waals surface area contributed by atoms with Gasteiger partial charge in [0.05, 0.1) is 0 Å². The number of nitrogens with zero attached hydrogens (tertiary/aromatic N) is 2. The van der Waals surface area contributed by atoms with E-state index in [1.807, 2.05) is 67.8 Å². The lowest BCUT2D eigenvalue weighted by Crippen LogP contribution is -1.91. The third kappa shape index (κ3) is 4.46. The van der Waals surface area contributed by atoms with Crippen LogP contribution in [0.2, 0.25) is 0 Å². The number of ether oxygens (including phenoxy) is 1. The number of nitriles is 1. The normalized spacial score (nSPS) is 11.0. The molecule has 0 fully saturated rings. The van der Waals surface area contributed by atoms with E-state index in [4.69, 9.17) is 4.74 Å². The predicted molar refractivity (Wildman–Crippen MR) is 102 cm³/mol. The van der Waals surface area contributed by atoms with Crippen molar-refractivity contribution in [2.45, 2.75) is 13.8 Å². The lowest BCUT2D eigenvalue weighted by molar-refractivity contribution is 0.482. The van der Waals surface area contributed by atoms with Crippen LogP contribution >= 0.6 is 11.3 Å². The van der Waals surface area contributed by atoms with Gasteiger partial charge < -0.3 is 10.1 Å². The second-order valence-corrected chi connectivity index (χ2v) is 6.41. The van der Waals surface area contributed by atoms with Crippen LogP contribution in [0.25, 0.3) is 5.57 Å². The Morgan fingerprint density at radius 2 is 1.72 bits per heavy atom. The number of benzene rings is 2. The first-order chi connectivity index (χ1) is 12.1. The molecule has 0 saturated carbocycles. The van der Waals surface area contributed by atoms with E-state index in [-0.39, 0.29) is 0 Å². The van der Waals surface area contributed by atoms with Gasteiger partial charge in [0, 0.05) is 23.0 Å². The van der Waals surface area contributed by atoms with Crippen LogP contribution in [-0.4, -0.2) is 4.98 Å². The molecule has 0 saturated heterocycles. The molecule has 0 bridgehead atoms. The number of thiazole rings is 1. The molecule has 0 radical (unpaired) electrons. The highest BCUT2D eigenvalue weighted by Gasteiger charge is 2.05. The molecule has 4 nitrogen and oxygen atoms in total. The van der Waals surface area contributed by atoms with E-state index < -0.39 is 0 Å². The van der Waals surface area contributed by atoms with Crippen LogP contribution in [0.4, 0.5) is 5.69 Å². The van der Waals surface area contributed by atoms with Gasteiger partial charge >= 0.3 is 0 Å². The van der Waals surface area contributed by atoms with Crippen LogP contribution in [0.5, 0.6) is 11.5 Å². The van der Waals surface area contributed by atoms with E-state index in [2.05, 4.69) is 16.4 Å². The molecule has 0 spiro atoms. The van der Waals surface area contributed by atoms with Crippen LogP contribution in [0.3, 0.4) is 0 Å². The second-order valence-electron chi connectivity index (χ2n) is 5.55. The summed E-state index contributed by atoms with van der Waals surface area (Å²) in [5.74, 6) is 1.56. The molecule has 0 aliphatic heterocycles. The number of rotatable bonds is 5. The van der Waals surface area contributed by atoms with Crippen molar-refractivity contribution in [3.8, 4) is 17.6 Å². The van der Waals surface area contributed by atoms with Crippen LogP contribution in [-0.2, 0) is 0 Å². The van der Waals surface area contributed by atoms with Crippen LogP contribution in [0.1, 0.15) is 16.3 Å². The zero-order valence-electron chi connectivity index (χ0n) is 14.0. The van der Waals surface area contributed by atoms with Crippen LogP contribution in [0, 0.1) is 25.2 Å². The van der Waals surface area contributed by atoms with Gasteiger partial charge in [-0.05, 0) is 50.2 Å². The van der Waals surface area contributed by atoms with E-state index >= 15 is 0 Å². The maximum atomic E-state index is 9.28. The molecule has 124 valence electrons. The standard InChI is InChI=1S/C20H17N3OS/c1-14-3-7-18(8-4-14)24-19-9-5-17(6-10-19)22-12-16(11-21)20-23-15(2)13-25-20/h3-10,12-13,22H,1-2H3/b16-12+. The minimum atomic E-state index is 0.512. The Balaban J connectivity index is 1.67. The Kier molecular flexibility index (Phi) is 5.12. The molecule has 0 atom stereocenters. The number of anilines is 1. The molecule has 0 aliphatic carbocycles. The van der Waals surface area contributed by atoms with Crippen molar-refractivity contribution in [2.75, 3.05) is 5.32 Å². The summed E-state index contributed by atoms with van der Waals surface area (Å²) < 4.78 is 5.80. The Labute approximate surface area is 151 Å². The minimum absolute atomic E-state index is 0.512. The van der Waals surface area contributed by atoms with Gasteiger partial charge in [-0.15, -0.1) is 11.3 Å². The SMILES string of the molecule is Cc1ccc(Oc2ccc(N/C=C(\C#N)c3nc(C)cs3)cc2)cc1. The molecular weight excluding hydrogens is 330 g/mol. The highest BCUT2D eigenvalue weighted by Crippen LogP contribution is 2.24. The van der Waals surface area contributed by atoms with E-state index in [9.17, 15) is 5.26 Å². The van der Waals surface area contributed by atoms with Crippen molar-refractivity contribution in [1.82, 2.24) is 4.98 Å². The summed E-state index contributed by atoms with van der Waals surface area (Å²) in [6.07, 6.45) is 1.67. The Hall–Kier alpha value is -3.10. The molecule has 5 heteroatoms. The number of hydrogen-bond acceptors (Lipinski definition) is 5. The van der Waals surface area contributed by atoms with Crippen molar-refractivity contribution < 1.29 is 4.74 Å². The fraction of sp³-hybridized carbons (Fsp3) is 0.100. The summed E-state index contributed by atoms with van der Waals surface area (Å²) >= 11 is 1.46. The largest absolute Gasteiger partial charge is 0.457 e. The average Bonchev–Trinajstić information content (AvgIpc) is 3.05. The summed E-state index contributed by atoms with van der Waals surface area (Å²) in [6, 6.07) is 17.7. The third-order valence-electron chi connectivity index (χ3n) is 3.46. The van der Waals surface area contributed by atoms with Gasteiger partial charge in [-0.25, -0.2) is 4.98 Å². The minimum Gasteiger partial charge on any atom is -0.457 e. The molecule has 0 aliphatic rings. The first kappa shape index (κ1) is 16.7. The average molecular weight is 347 g/mol. The van der Waals surface area contributed by atoms with E-state index in [0.717, 1.165) is 22.9 Å². The number of allylic oxidation sites excluding steroid dienone is 1. The van der Waals surface area contributed by atoms with Gasteiger partial charge in [0.2, 0.25) is 0 Å². The highest BCUT2D eigenvalue weighted by molar-refractivity contribution is 7.10. The molecule has 1 N–H and O–H groups in total.